The molecule has 9 nitrogen and oxygen atoms in total. The lowest BCUT2D eigenvalue weighted by Gasteiger charge is -2.14. The van der Waals surface area contributed by atoms with Crippen LogP contribution in [0.1, 0.15) is 5.56 Å². The van der Waals surface area contributed by atoms with Gasteiger partial charge in [-0.3, -0.25) is 14.5 Å². The van der Waals surface area contributed by atoms with Crippen molar-refractivity contribution in [2.45, 2.75) is 0 Å². The molecule has 0 radical (unpaired) electrons. The number of rotatable bonds is 10. The molecule has 1 aliphatic rings. The maximum atomic E-state index is 12.8. The molecule has 0 aromatic heterocycles. The first-order valence-electron chi connectivity index (χ1n) is 9.96. The minimum atomic E-state index is -0.523. The van der Waals surface area contributed by atoms with Crippen LogP contribution in [0, 0.1) is 3.57 Å². The Morgan fingerprint density at radius 1 is 1.03 bits per heavy atom. The number of carbonyl (C=O) groups is 3. The van der Waals surface area contributed by atoms with Gasteiger partial charge >= 0.3 is 5.97 Å². The van der Waals surface area contributed by atoms with E-state index in [2.05, 4.69) is 4.74 Å². The molecular formula is C23H22INO8S. The summed E-state index contributed by atoms with van der Waals surface area (Å²) in [6.07, 6.45) is 1.61. The molecule has 0 atom stereocenters. The zero-order chi connectivity index (χ0) is 24.7. The Kier molecular flexibility index (Phi) is 9.05. The first-order chi connectivity index (χ1) is 16.4. The van der Waals surface area contributed by atoms with Gasteiger partial charge in [-0.1, -0.05) is 12.1 Å². The molecule has 2 amide bonds. The van der Waals surface area contributed by atoms with Gasteiger partial charge in [0.2, 0.25) is 0 Å². The lowest BCUT2D eigenvalue weighted by atomic mass is 10.2. The standard InChI is InChI=1S/C23H22INO8S/c1-29-16-6-4-5-7-17(16)32-9-8-25-22(27)19(34-23(25)28)12-14-10-15(24)21(18(11-14)30-2)33-13-20(26)31-3/h4-7,10-12H,8-9,13H2,1-3H3/b19-12-. The van der Waals surface area contributed by atoms with Gasteiger partial charge in [0.1, 0.15) is 6.61 Å². The number of nitrogens with zero attached hydrogens (tertiary/aromatic N) is 1. The summed E-state index contributed by atoms with van der Waals surface area (Å²) in [5, 5.41) is -0.375. The van der Waals surface area contributed by atoms with Crippen LogP contribution in [0.3, 0.4) is 0 Å². The van der Waals surface area contributed by atoms with E-state index in [1.54, 1.807) is 30.3 Å². The molecule has 34 heavy (non-hydrogen) atoms. The fourth-order valence-corrected chi connectivity index (χ4v) is 4.63. The van der Waals surface area contributed by atoms with E-state index < -0.39 is 11.9 Å². The van der Waals surface area contributed by atoms with Crippen molar-refractivity contribution in [1.29, 1.82) is 0 Å². The topological polar surface area (TPSA) is 101 Å². The third kappa shape index (κ3) is 6.14. The van der Waals surface area contributed by atoms with E-state index in [0.717, 1.165) is 16.7 Å². The molecule has 1 heterocycles. The Morgan fingerprint density at radius 3 is 2.41 bits per heavy atom. The van der Waals surface area contributed by atoms with Crippen molar-refractivity contribution in [2.75, 3.05) is 41.1 Å². The van der Waals surface area contributed by atoms with Gasteiger partial charge in [0.15, 0.2) is 29.6 Å². The molecule has 0 saturated carbocycles. The Morgan fingerprint density at radius 2 is 1.74 bits per heavy atom. The molecule has 0 spiro atoms. The Bertz CT molecular complexity index is 1120. The molecule has 1 saturated heterocycles. The van der Waals surface area contributed by atoms with Crippen molar-refractivity contribution in [3.8, 4) is 23.0 Å². The van der Waals surface area contributed by atoms with Crippen LogP contribution in [0.5, 0.6) is 23.0 Å². The zero-order valence-corrected chi connectivity index (χ0v) is 21.6. The number of thioether (sulfide) groups is 1. The number of hydrogen-bond donors (Lipinski definition) is 0. The largest absolute Gasteiger partial charge is 0.493 e. The molecule has 2 aromatic carbocycles. The molecule has 3 rings (SSSR count). The summed E-state index contributed by atoms with van der Waals surface area (Å²) in [6.45, 7) is -0.0388. The molecule has 2 aromatic rings. The maximum Gasteiger partial charge on any atom is 0.343 e. The number of imide groups is 1. The minimum Gasteiger partial charge on any atom is -0.493 e. The summed E-state index contributed by atoms with van der Waals surface area (Å²) in [7, 11) is 4.28. The SMILES string of the molecule is COC(=O)COc1c(I)cc(/C=C2\SC(=O)N(CCOc3ccccc3OC)C2=O)cc1OC. The Hall–Kier alpha value is -2.93. The average molecular weight is 599 g/mol. The van der Waals surface area contributed by atoms with E-state index in [1.165, 1.54) is 21.3 Å². The van der Waals surface area contributed by atoms with Crippen molar-refractivity contribution in [1.82, 2.24) is 4.90 Å². The van der Waals surface area contributed by atoms with Gasteiger partial charge in [-0.2, -0.15) is 0 Å². The van der Waals surface area contributed by atoms with Gasteiger partial charge in [0.25, 0.3) is 11.1 Å². The summed E-state index contributed by atoms with van der Waals surface area (Å²) in [5.41, 5.74) is 0.641. The molecule has 1 fully saturated rings. The van der Waals surface area contributed by atoms with Crippen LogP contribution in [0.4, 0.5) is 4.79 Å². The second kappa shape index (κ2) is 12.0. The van der Waals surface area contributed by atoms with Crippen LogP contribution >= 0.6 is 34.4 Å². The maximum absolute atomic E-state index is 12.8. The fourth-order valence-electron chi connectivity index (χ4n) is 2.98. The second-order valence-electron chi connectivity index (χ2n) is 6.73. The summed E-state index contributed by atoms with van der Waals surface area (Å²) in [6, 6.07) is 10.6. The fraction of sp³-hybridized carbons (Fsp3) is 0.261. The zero-order valence-electron chi connectivity index (χ0n) is 18.7. The third-order valence-electron chi connectivity index (χ3n) is 4.63. The summed E-state index contributed by atoms with van der Waals surface area (Å²) >= 11 is 2.89. The van der Waals surface area contributed by atoms with Crippen molar-refractivity contribution < 1.29 is 38.1 Å². The first kappa shape index (κ1) is 25.7. The van der Waals surface area contributed by atoms with E-state index in [9.17, 15) is 14.4 Å². The molecule has 11 heteroatoms. The monoisotopic (exact) mass is 599 g/mol. The number of benzene rings is 2. The van der Waals surface area contributed by atoms with Gasteiger partial charge in [0.05, 0.1) is 36.3 Å². The van der Waals surface area contributed by atoms with Crippen LogP contribution in [-0.2, 0) is 14.3 Å². The van der Waals surface area contributed by atoms with Gasteiger partial charge in [-0.15, -0.1) is 0 Å². The van der Waals surface area contributed by atoms with Crippen LogP contribution in [0.25, 0.3) is 6.08 Å². The highest BCUT2D eigenvalue weighted by molar-refractivity contribution is 14.1. The van der Waals surface area contributed by atoms with Crippen LogP contribution in [-0.4, -0.2) is 63.1 Å². The number of methoxy groups -OCH3 is 3. The van der Waals surface area contributed by atoms with E-state index in [1.807, 2.05) is 34.7 Å². The quantitative estimate of drug-likeness (QED) is 0.228. The van der Waals surface area contributed by atoms with Gasteiger partial charge < -0.3 is 23.7 Å². The van der Waals surface area contributed by atoms with Crippen molar-refractivity contribution >= 4 is 57.5 Å². The molecule has 0 N–H and O–H groups in total. The first-order valence-corrected chi connectivity index (χ1v) is 11.9. The number of para-hydroxylation sites is 2. The molecule has 0 bridgehead atoms. The van der Waals surface area contributed by atoms with E-state index in [0.29, 0.717) is 32.1 Å². The van der Waals surface area contributed by atoms with Gasteiger partial charge in [0, 0.05) is 0 Å². The van der Waals surface area contributed by atoms with Gasteiger partial charge in [-0.05, 0) is 70.3 Å². The number of carbonyl (C=O) groups excluding carboxylic acids is 3. The number of hydrogen-bond acceptors (Lipinski definition) is 9. The minimum absolute atomic E-state index is 0.0984. The molecule has 0 unspecified atom stereocenters. The van der Waals surface area contributed by atoms with E-state index >= 15 is 0 Å². The number of halogens is 1. The smallest absolute Gasteiger partial charge is 0.343 e. The number of amides is 2. The Balaban J connectivity index is 1.70. The average Bonchev–Trinajstić information content (AvgIpc) is 3.10. The highest BCUT2D eigenvalue weighted by Crippen LogP contribution is 2.37. The molecule has 1 aliphatic heterocycles. The summed E-state index contributed by atoms with van der Waals surface area (Å²) in [5.74, 6) is 0.936. The summed E-state index contributed by atoms with van der Waals surface area (Å²) in [4.78, 5) is 38.1. The number of ether oxygens (including phenoxy) is 5. The van der Waals surface area contributed by atoms with Crippen LogP contribution < -0.4 is 18.9 Å². The highest BCUT2D eigenvalue weighted by Gasteiger charge is 2.35. The van der Waals surface area contributed by atoms with Gasteiger partial charge in [-0.25, -0.2) is 4.79 Å². The van der Waals surface area contributed by atoms with Crippen molar-refractivity contribution in [3.63, 3.8) is 0 Å². The highest BCUT2D eigenvalue weighted by atomic mass is 127. The molecule has 180 valence electrons. The van der Waals surface area contributed by atoms with Crippen LogP contribution in [0.2, 0.25) is 0 Å². The van der Waals surface area contributed by atoms with E-state index in [4.69, 9.17) is 18.9 Å². The lowest BCUT2D eigenvalue weighted by molar-refractivity contribution is -0.143. The summed E-state index contributed by atoms with van der Waals surface area (Å²) < 4.78 is 27.0. The third-order valence-corrected chi connectivity index (χ3v) is 6.34. The van der Waals surface area contributed by atoms with Crippen LogP contribution in [0.15, 0.2) is 41.3 Å². The number of esters is 1. The second-order valence-corrected chi connectivity index (χ2v) is 8.89. The van der Waals surface area contributed by atoms with Crippen molar-refractivity contribution in [3.05, 3.63) is 50.4 Å². The molecule has 0 aliphatic carbocycles. The molecular weight excluding hydrogens is 577 g/mol. The lowest BCUT2D eigenvalue weighted by Crippen LogP contribution is -2.32. The van der Waals surface area contributed by atoms with Crippen molar-refractivity contribution in [2.24, 2.45) is 0 Å². The Labute approximate surface area is 214 Å². The predicted octanol–water partition coefficient (Wildman–Crippen LogP) is 3.98. The predicted molar refractivity (Wildman–Crippen MR) is 134 cm³/mol. The van der Waals surface area contributed by atoms with E-state index in [-0.39, 0.29) is 29.9 Å². The normalized spacial score (nSPS) is 14.4.